The van der Waals surface area contributed by atoms with E-state index in [1.54, 1.807) is 46.0 Å². The second-order valence-corrected chi connectivity index (χ2v) is 5.82. The van der Waals surface area contributed by atoms with E-state index in [0.29, 0.717) is 10.2 Å². The van der Waals surface area contributed by atoms with E-state index >= 15 is 0 Å². The number of nitrogens with one attached hydrogen (secondary N) is 1. The summed E-state index contributed by atoms with van der Waals surface area (Å²) in [5, 5.41) is 12.8. The Morgan fingerprint density at radius 2 is 2.00 bits per heavy atom. The van der Waals surface area contributed by atoms with E-state index in [1.807, 2.05) is 0 Å². The van der Waals surface area contributed by atoms with Crippen LogP contribution in [-0.4, -0.2) is 27.1 Å². The molecule has 1 aromatic heterocycles. The summed E-state index contributed by atoms with van der Waals surface area (Å²) in [4.78, 5) is 15.9. The molecule has 0 saturated heterocycles. The predicted molar refractivity (Wildman–Crippen MR) is 69.8 cm³/mol. The molecule has 0 aliphatic carbocycles. The van der Waals surface area contributed by atoms with Gasteiger partial charge in [-0.2, -0.15) is 0 Å². The van der Waals surface area contributed by atoms with Crippen molar-refractivity contribution in [3.8, 4) is 0 Å². The zero-order valence-electron chi connectivity index (χ0n) is 10.4. The minimum atomic E-state index is -1.01. The molecule has 0 unspecified atom stereocenters. The van der Waals surface area contributed by atoms with Crippen molar-refractivity contribution in [2.75, 3.05) is 0 Å². The van der Waals surface area contributed by atoms with Crippen molar-refractivity contribution in [1.82, 2.24) is 10.3 Å². The Bertz CT molecular complexity index is 425. The molecular weight excluding hydrogens is 284 g/mol. The third-order valence-electron chi connectivity index (χ3n) is 2.94. The summed E-state index contributed by atoms with van der Waals surface area (Å²) in [6, 6.07) is 3.26. The van der Waals surface area contributed by atoms with Gasteiger partial charge in [0.25, 0.3) is 5.91 Å². The van der Waals surface area contributed by atoms with E-state index in [1.165, 1.54) is 0 Å². The number of hydrogen-bond donors (Lipinski definition) is 2. The smallest absolute Gasteiger partial charge is 0.251 e. The lowest BCUT2D eigenvalue weighted by molar-refractivity contribution is -0.00293. The highest BCUT2D eigenvalue weighted by Gasteiger charge is 2.36. The maximum absolute atomic E-state index is 12.0. The number of amides is 1. The van der Waals surface area contributed by atoms with Gasteiger partial charge in [-0.05, 0) is 55.8 Å². The molecule has 0 radical (unpaired) electrons. The molecule has 0 aliphatic rings. The Morgan fingerprint density at radius 1 is 1.41 bits per heavy atom. The van der Waals surface area contributed by atoms with Crippen LogP contribution in [0.15, 0.2) is 22.9 Å². The third-order valence-corrected chi connectivity index (χ3v) is 3.38. The van der Waals surface area contributed by atoms with Gasteiger partial charge >= 0.3 is 0 Å². The fourth-order valence-electron chi connectivity index (χ4n) is 1.05. The highest BCUT2D eigenvalue weighted by atomic mass is 79.9. The van der Waals surface area contributed by atoms with Crippen molar-refractivity contribution in [3.63, 3.8) is 0 Å². The van der Waals surface area contributed by atoms with Crippen LogP contribution in [0, 0.1) is 0 Å². The molecule has 1 amide bonds. The average Bonchev–Trinajstić information content (AvgIpc) is 2.15. The summed E-state index contributed by atoms with van der Waals surface area (Å²) in [5.74, 6) is -0.236. The minimum Gasteiger partial charge on any atom is -0.388 e. The predicted octanol–water partition coefficient (Wildman–Crippen LogP) is 2.12. The van der Waals surface area contributed by atoms with Gasteiger partial charge in [0.1, 0.15) is 4.60 Å². The number of pyridine rings is 1. The fraction of sp³-hybridized carbons (Fsp3) is 0.500. The van der Waals surface area contributed by atoms with Crippen LogP contribution in [0.5, 0.6) is 0 Å². The van der Waals surface area contributed by atoms with Crippen LogP contribution in [0.4, 0.5) is 0 Å². The van der Waals surface area contributed by atoms with Gasteiger partial charge in [0.15, 0.2) is 0 Å². The molecule has 1 rings (SSSR count). The first kappa shape index (κ1) is 14.1. The number of carbonyl (C=O) groups excluding carboxylic acids is 1. The van der Waals surface area contributed by atoms with E-state index in [0.717, 1.165) is 0 Å². The molecule has 0 aromatic carbocycles. The molecule has 0 atom stereocenters. The topological polar surface area (TPSA) is 62.2 Å². The van der Waals surface area contributed by atoms with Gasteiger partial charge < -0.3 is 10.4 Å². The van der Waals surface area contributed by atoms with E-state index in [4.69, 9.17) is 0 Å². The molecule has 0 aliphatic heterocycles. The van der Waals surface area contributed by atoms with Crippen molar-refractivity contribution in [1.29, 1.82) is 0 Å². The van der Waals surface area contributed by atoms with Crippen molar-refractivity contribution >= 4 is 21.8 Å². The summed E-state index contributed by atoms with van der Waals surface area (Å²) in [6.07, 6.45) is 1.55. The zero-order valence-corrected chi connectivity index (χ0v) is 12.0. The molecule has 0 saturated carbocycles. The lowest BCUT2D eigenvalue weighted by Gasteiger charge is -2.38. The maximum Gasteiger partial charge on any atom is 0.251 e. The SMILES string of the molecule is CC(C)(O)C(C)(C)NC(=O)c1ccnc(Br)c1. The largest absolute Gasteiger partial charge is 0.388 e. The van der Waals surface area contributed by atoms with Gasteiger partial charge in [-0.25, -0.2) is 4.98 Å². The number of aromatic nitrogens is 1. The van der Waals surface area contributed by atoms with Crippen molar-refractivity contribution in [2.24, 2.45) is 0 Å². The summed E-state index contributed by atoms with van der Waals surface area (Å²) in [5.41, 5.74) is -1.23. The van der Waals surface area contributed by atoms with E-state index in [9.17, 15) is 9.90 Å². The van der Waals surface area contributed by atoms with Crippen LogP contribution in [0.2, 0.25) is 0 Å². The van der Waals surface area contributed by atoms with Crippen LogP contribution in [0.1, 0.15) is 38.1 Å². The monoisotopic (exact) mass is 300 g/mol. The van der Waals surface area contributed by atoms with Gasteiger partial charge in [-0.15, -0.1) is 0 Å². The maximum atomic E-state index is 12.0. The first-order chi connectivity index (χ1) is 7.63. The Hall–Kier alpha value is -0.940. The summed E-state index contributed by atoms with van der Waals surface area (Å²) in [6.45, 7) is 6.88. The Labute approximate surface area is 110 Å². The molecule has 0 fully saturated rings. The zero-order chi connectivity index (χ0) is 13.3. The van der Waals surface area contributed by atoms with Crippen LogP contribution in [0.3, 0.4) is 0 Å². The highest BCUT2D eigenvalue weighted by Crippen LogP contribution is 2.21. The average molecular weight is 301 g/mol. The molecule has 5 heteroatoms. The summed E-state index contributed by atoms with van der Waals surface area (Å²) < 4.78 is 0.603. The first-order valence-electron chi connectivity index (χ1n) is 5.30. The molecular formula is C12H17BrN2O2. The van der Waals surface area contributed by atoms with Crippen LogP contribution >= 0.6 is 15.9 Å². The molecule has 1 aromatic rings. The molecule has 94 valence electrons. The lowest BCUT2D eigenvalue weighted by Crippen LogP contribution is -2.57. The lowest BCUT2D eigenvalue weighted by atomic mass is 9.86. The number of carbonyl (C=O) groups is 1. The van der Waals surface area contributed by atoms with Crippen molar-refractivity contribution in [3.05, 3.63) is 28.5 Å². The van der Waals surface area contributed by atoms with Gasteiger partial charge in [0.05, 0.1) is 11.1 Å². The number of rotatable bonds is 3. The Balaban J connectivity index is 2.87. The fourth-order valence-corrected chi connectivity index (χ4v) is 1.42. The number of hydrogen-bond acceptors (Lipinski definition) is 3. The molecule has 0 bridgehead atoms. The quantitative estimate of drug-likeness (QED) is 0.841. The molecule has 2 N–H and O–H groups in total. The minimum absolute atomic E-state index is 0.236. The van der Waals surface area contributed by atoms with Crippen molar-refractivity contribution < 1.29 is 9.90 Å². The molecule has 4 nitrogen and oxygen atoms in total. The molecule has 1 heterocycles. The standard InChI is InChI=1S/C12H17BrN2O2/c1-11(2,12(3,4)17)15-10(16)8-5-6-14-9(13)7-8/h5-7,17H,1-4H3,(H,15,16). The highest BCUT2D eigenvalue weighted by molar-refractivity contribution is 9.10. The van der Waals surface area contributed by atoms with Gasteiger partial charge in [-0.3, -0.25) is 4.79 Å². The summed E-state index contributed by atoms with van der Waals surface area (Å²) >= 11 is 3.21. The third kappa shape index (κ3) is 3.51. The van der Waals surface area contributed by atoms with Gasteiger partial charge in [0.2, 0.25) is 0 Å². The van der Waals surface area contributed by atoms with Crippen LogP contribution < -0.4 is 5.32 Å². The number of nitrogens with zero attached hydrogens (tertiary/aromatic N) is 1. The normalized spacial score (nSPS) is 12.4. The van der Waals surface area contributed by atoms with E-state index in [-0.39, 0.29) is 5.91 Å². The second kappa shape index (κ2) is 4.74. The summed E-state index contributed by atoms with van der Waals surface area (Å²) in [7, 11) is 0. The molecule has 17 heavy (non-hydrogen) atoms. The van der Waals surface area contributed by atoms with Gasteiger partial charge in [0, 0.05) is 11.8 Å². The second-order valence-electron chi connectivity index (χ2n) is 5.01. The number of aliphatic hydroxyl groups is 1. The van der Waals surface area contributed by atoms with Crippen molar-refractivity contribution in [2.45, 2.75) is 38.8 Å². The van der Waals surface area contributed by atoms with Crippen LogP contribution in [0.25, 0.3) is 0 Å². The first-order valence-corrected chi connectivity index (χ1v) is 6.09. The Morgan fingerprint density at radius 3 is 2.47 bits per heavy atom. The van der Waals surface area contributed by atoms with Gasteiger partial charge in [-0.1, -0.05) is 0 Å². The van der Waals surface area contributed by atoms with Crippen LogP contribution in [-0.2, 0) is 0 Å². The Kier molecular flexibility index (Phi) is 3.94. The molecule has 0 spiro atoms. The number of halogens is 1. The van der Waals surface area contributed by atoms with E-state index in [2.05, 4.69) is 26.2 Å². The van der Waals surface area contributed by atoms with E-state index < -0.39 is 11.1 Å².